The zero-order valence-electron chi connectivity index (χ0n) is 24.2. The molecular formula is C29H43N5O7. The number of benzene rings is 1. The number of carbonyl (C=O) groups excluding carboxylic acids is 5. The van der Waals surface area contributed by atoms with Crippen molar-refractivity contribution in [3.63, 3.8) is 0 Å². The molecule has 3 aliphatic rings. The predicted octanol–water partition coefficient (Wildman–Crippen LogP) is 0.287. The molecule has 1 fully saturated rings. The number of amides is 5. The summed E-state index contributed by atoms with van der Waals surface area (Å²) in [7, 11) is 1.63. The van der Waals surface area contributed by atoms with Crippen LogP contribution in [0.15, 0.2) is 24.3 Å². The Morgan fingerprint density at radius 1 is 1.05 bits per heavy atom. The van der Waals surface area contributed by atoms with Gasteiger partial charge in [-0.3, -0.25) is 24.0 Å². The van der Waals surface area contributed by atoms with Crippen molar-refractivity contribution >= 4 is 29.5 Å². The Labute approximate surface area is 241 Å². The van der Waals surface area contributed by atoms with E-state index < -0.39 is 18.2 Å². The van der Waals surface area contributed by atoms with Gasteiger partial charge in [0, 0.05) is 46.1 Å². The second-order valence-corrected chi connectivity index (χ2v) is 11.0. The van der Waals surface area contributed by atoms with Crippen LogP contribution >= 0.6 is 0 Å². The predicted molar refractivity (Wildman–Crippen MR) is 151 cm³/mol. The van der Waals surface area contributed by atoms with Crippen LogP contribution in [-0.2, 0) is 35.1 Å². The molecule has 5 amide bonds. The van der Waals surface area contributed by atoms with Crippen molar-refractivity contribution in [3.05, 3.63) is 29.8 Å². The van der Waals surface area contributed by atoms with E-state index in [-0.39, 0.29) is 74.5 Å². The van der Waals surface area contributed by atoms with Gasteiger partial charge in [0.1, 0.15) is 23.9 Å². The summed E-state index contributed by atoms with van der Waals surface area (Å²) in [4.78, 5) is 65.3. The van der Waals surface area contributed by atoms with Crippen molar-refractivity contribution in [3.8, 4) is 5.75 Å². The molecule has 4 rings (SSSR count). The minimum atomic E-state index is -0.848. The molecule has 12 heteroatoms. The van der Waals surface area contributed by atoms with Crippen LogP contribution < -0.4 is 26.0 Å². The highest BCUT2D eigenvalue weighted by Crippen LogP contribution is 2.16. The van der Waals surface area contributed by atoms with E-state index in [1.54, 1.807) is 31.3 Å². The number of hydrogen-bond acceptors (Lipinski definition) is 7. The first kappa shape index (κ1) is 31.9. The van der Waals surface area contributed by atoms with Crippen molar-refractivity contribution in [1.29, 1.82) is 0 Å². The fourth-order valence-corrected chi connectivity index (χ4v) is 4.70. The summed E-state index contributed by atoms with van der Waals surface area (Å²) in [5.41, 5.74) is 0.792. The van der Waals surface area contributed by atoms with Gasteiger partial charge in [-0.1, -0.05) is 26.0 Å². The van der Waals surface area contributed by atoms with Crippen LogP contribution in [0.3, 0.4) is 0 Å². The fraction of sp³-hybridized carbons (Fsp3) is 0.621. The van der Waals surface area contributed by atoms with Gasteiger partial charge < -0.3 is 35.6 Å². The number of rotatable bonds is 4. The van der Waals surface area contributed by atoms with Gasteiger partial charge in [0.15, 0.2) is 6.61 Å². The number of ether oxygens (including phenoxy) is 2. The fourth-order valence-electron chi connectivity index (χ4n) is 4.70. The first-order valence-electron chi connectivity index (χ1n) is 14.3. The summed E-state index contributed by atoms with van der Waals surface area (Å²) < 4.78 is 11.0. The highest BCUT2D eigenvalue weighted by Gasteiger charge is 2.29. The molecule has 1 aromatic rings. The summed E-state index contributed by atoms with van der Waals surface area (Å²) >= 11 is 0. The second-order valence-electron chi connectivity index (χ2n) is 11.0. The molecule has 0 aromatic heterocycles. The Hall–Kier alpha value is -3.67. The molecule has 0 aliphatic carbocycles. The van der Waals surface area contributed by atoms with E-state index in [2.05, 4.69) is 21.3 Å². The van der Waals surface area contributed by atoms with Crippen LogP contribution in [0, 0.1) is 5.92 Å². The highest BCUT2D eigenvalue weighted by molar-refractivity contribution is 5.90. The first-order valence-corrected chi connectivity index (χ1v) is 14.3. The van der Waals surface area contributed by atoms with Gasteiger partial charge in [0.25, 0.3) is 5.91 Å². The molecule has 4 N–H and O–H groups in total. The van der Waals surface area contributed by atoms with E-state index in [0.29, 0.717) is 31.6 Å². The van der Waals surface area contributed by atoms with Crippen LogP contribution in [0.1, 0.15) is 51.5 Å². The Bertz CT molecular complexity index is 1060. The summed E-state index contributed by atoms with van der Waals surface area (Å²) in [5, 5.41) is 11.2. The molecule has 2 bridgehead atoms. The largest absolute Gasteiger partial charge is 0.484 e. The average Bonchev–Trinajstić information content (AvgIpc) is 3.48. The van der Waals surface area contributed by atoms with Crippen molar-refractivity contribution in [1.82, 2.24) is 26.2 Å². The molecule has 0 saturated carbocycles. The third-order valence-corrected chi connectivity index (χ3v) is 6.95. The third kappa shape index (κ3) is 10.7. The lowest BCUT2D eigenvalue weighted by molar-refractivity contribution is -0.136. The van der Waals surface area contributed by atoms with Gasteiger partial charge in [-0.15, -0.1) is 0 Å². The smallest absolute Gasteiger partial charge is 0.258 e. The molecule has 3 atom stereocenters. The summed E-state index contributed by atoms with van der Waals surface area (Å²) in [6.07, 6.45) is 2.00. The van der Waals surface area contributed by atoms with Gasteiger partial charge in [0.2, 0.25) is 23.6 Å². The van der Waals surface area contributed by atoms with Gasteiger partial charge >= 0.3 is 0 Å². The maximum atomic E-state index is 13.1. The zero-order chi connectivity index (χ0) is 29.8. The Balaban J connectivity index is 1.72. The van der Waals surface area contributed by atoms with Crippen LogP contribution in [0.5, 0.6) is 5.75 Å². The van der Waals surface area contributed by atoms with E-state index in [1.807, 2.05) is 13.8 Å². The van der Waals surface area contributed by atoms with E-state index in [4.69, 9.17) is 9.47 Å². The first-order chi connectivity index (χ1) is 19.6. The molecule has 0 unspecified atom stereocenters. The molecule has 0 radical (unpaired) electrons. The number of nitrogens with zero attached hydrogens (tertiary/aromatic N) is 1. The van der Waals surface area contributed by atoms with E-state index >= 15 is 0 Å². The zero-order valence-corrected chi connectivity index (χ0v) is 24.2. The number of carbonyl (C=O) groups is 5. The standard InChI is InChI=1S/C29H43N5O7/c1-19(2)16-23-29(39)34(3)14-13-30-26(36)18-41-21-10-8-20(9-11-21)17-22(33-28(38)24-6-5-15-40-24)27(37)31-12-4-7-25(35)32-23/h8-11,19,22-24H,4-7,12-18H2,1-3H3,(H,30,36)(H,31,37)(H,32,35)(H,33,38)/t22-,23-,24+/m0/s1. The van der Waals surface area contributed by atoms with Crippen molar-refractivity contribution in [2.45, 2.75) is 70.6 Å². The van der Waals surface area contributed by atoms with Crippen LogP contribution in [-0.4, -0.2) is 92.5 Å². The molecular weight excluding hydrogens is 530 g/mol. The maximum Gasteiger partial charge on any atom is 0.258 e. The van der Waals surface area contributed by atoms with Gasteiger partial charge in [-0.25, -0.2) is 0 Å². The summed E-state index contributed by atoms with van der Waals surface area (Å²) in [6.45, 7) is 5.00. The van der Waals surface area contributed by atoms with Gasteiger partial charge in [-0.05, 0) is 49.3 Å². The minimum absolute atomic E-state index is 0.121. The normalized spacial score (nSPS) is 24.0. The van der Waals surface area contributed by atoms with Crippen molar-refractivity contribution in [2.75, 3.05) is 39.9 Å². The van der Waals surface area contributed by atoms with E-state index in [9.17, 15) is 24.0 Å². The average molecular weight is 574 g/mol. The lowest BCUT2D eigenvalue weighted by Crippen LogP contribution is -2.51. The molecule has 0 spiro atoms. The molecule has 3 heterocycles. The minimum Gasteiger partial charge on any atom is -0.484 e. The van der Waals surface area contributed by atoms with Crippen LogP contribution in [0.4, 0.5) is 0 Å². The van der Waals surface area contributed by atoms with E-state index in [0.717, 1.165) is 12.0 Å². The lowest BCUT2D eigenvalue weighted by Gasteiger charge is -2.26. The number of nitrogens with one attached hydrogen (secondary N) is 4. The number of likely N-dealkylation sites (N-methyl/N-ethyl adjacent to an activating group) is 1. The molecule has 1 aromatic carbocycles. The number of fused-ring (bicyclic) bond motifs is 19. The van der Waals surface area contributed by atoms with Crippen molar-refractivity contribution < 1.29 is 33.4 Å². The molecule has 226 valence electrons. The highest BCUT2D eigenvalue weighted by atomic mass is 16.5. The Kier molecular flexibility index (Phi) is 12.4. The molecule has 3 aliphatic heterocycles. The van der Waals surface area contributed by atoms with Crippen molar-refractivity contribution in [2.24, 2.45) is 5.92 Å². The Morgan fingerprint density at radius 2 is 1.80 bits per heavy atom. The summed E-state index contributed by atoms with van der Waals surface area (Å²) in [5.74, 6) is -0.915. The Morgan fingerprint density at radius 3 is 2.49 bits per heavy atom. The quantitative estimate of drug-likeness (QED) is 0.377. The topological polar surface area (TPSA) is 155 Å². The monoisotopic (exact) mass is 573 g/mol. The SMILES string of the molecule is CC(C)C[C@@H]1NC(=O)CCCNC(=O)[C@@H](NC(=O)[C@H]2CCCO2)Cc2ccc(cc2)OCC(=O)NCCN(C)C1=O. The number of hydrogen-bond donors (Lipinski definition) is 4. The second kappa shape index (κ2) is 15.9. The lowest BCUT2D eigenvalue weighted by atomic mass is 10.0. The van der Waals surface area contributed by atoms with E-state index in [1.165, 1.54) is 4.90 Å². The van der Waals surface area contributed by atoms with Crippen LogP contribution in [0.2, 0.25) is 0 Å². The third-order valence-electron chi connectivity index (χ3n) is 6.95. The molecule has 1 saturated heterocycles. The molecule has 41 heavy (non-hydrogen) atoms. The maximum absolute atomic E-state index is 13.1. The van der Waals surface area contributed by atoms with Gasteiger partial charge in [0.05, 0.1) is 0 Å². The van der Waals surface area contributed by atoms with Crippen LogP contribution in [0.25, 0.3) is 0 Å². The van der Waals surface area contributed by atoms with Gasteiger partial charge in [-0.2, -0.15) is 0 Å². The molecule has 12 nitrogen and oxygen atoms in total. The summed E-state index contributed by atoms with van der Waals surface area (Å²) in [6, 6.07) is 5.40.